The van der Waals surface area contributed by atoms with Crippen molar-refractivity contribution in [3.05, 3.63) is 56.5 Å². The van der Waals surface area contributed by atoms with E-state index < -0.39 is 33.6 Å². The van der Waals surface area contributed by atoms with Gasteiger partial charge >= 0.3 is 12.1 Å². The van der Waals surface area contributed by atoms with Crippen LogP contribution in [-0.4, -0.2) is 55.7 Å². The number of carboxylic acids is 1. The van der Waals surface area contributed by atoms with Crippen LogP contribution in [0.4, 0.5) is 18.9 Å². The fourth-order valence-electron chi connectivity index (χ4n) is 3.39. The van der Waals surface area contributed by atoms with Gasteiger partial charge in [0.05, 0.1) is 17.9 Å². The van der Waals surface area contributed by atoms with Crippen LogP contribution >= 0.6 is 0 Å². The van der Waals surface area contributed by atoms with Crippen molar-refractivity contribution in [3.63, 3.8) is 0 Å². The number of H-pyrrole nitrogens is 1. The van der Waals surface area contributed by atoms with E-state index >= 15 is 0 Å². The summed E-state index contributed by atoms with van der Waals surface area (Å²) >= 11 is 0. The van der Waals surface area contributed by atoms with Crippen molar-refractivity contribution in [1.29, 1.82) is 5.41 Å². The molecule has 1 heterocycles. The van der Waals surface area contributed by atoms with Gasteiger partial charge in [0.2, 0.25) is 11.9 Å². The minimum absolute atomic E-state index is 0.0468. The van der Waals surface area contributed by atoms with Gasteiger partial charge in [-0.25, -0.2) is 18.7 Å². The lowest BCUT2D eigenvalue weighted by Crippen LogP contribution is -2.35. The predicted octanol–water partition coefficient (Wildman–Crippen LogP) is 1.12. The summed E-state index contributed by atoms with van der Waals surface area (Å²) in [4.78, 5) is 41.3. The van der Waals surface area contributed by atoms with Crippen LogP contribution in [0.25, 0.3) is 0 Å². The maximum absolute atomic E-state index is 13.1. The number of hydrogen-bond donors (Lipinski definition) is 7. The Kier molecular flexibility index (Phi) is 11.5. The van der Waals surface area contributed by atoms with E-state index in [9.17, 15) is 31.2 Å². The number of guanidine groups is 1. The van der Waals surface area contributed by atoms with Gasteiger partial charge in [0, 0.05) is 12.2 Å². The van der Waals surface area contributed by atoms with Crippen molar-refractivity contribution < 1.29 is 41.1 Å². The number of benzene rings is 1. The molecule has 0 saturated heterocycles. The molecule has 2 aromatic rings. The third-order valence-corrected chi connectivity index (χ3v) is 6.32. The summed E-state index contributed by atoms with van der Waals surface area (Å²) in [6, 6.07) is 5.04. The lowest BCUT2D eigenvalue weighted by Gasteiger charge is -2.16. The number of amides is 1. The van der Waals surface area contributed by atoms with Crippen LogP contribution in [0.5, 0.6) is 0 Å². The lowest BCUT2D eigenvalue weighted by molar-refractivity contribution is -0.192. The van der Waals surface area contributed by atoms with E-state index in [-0.39, 0.29) is 41.7 Å². The number of alkyl halides is 3. The second-order valence-electron chi connectivity index (χ2n) is 8.21. The molecule has 8 N–H and O–H groups in total. The Labute approximate surface area is 221 Å². The molecule has 0 atom stereocenters. The number of carboxylic acid groups (broad SMARTS) is 1. The average Bonchev–Trinajstić information content (AvgIpc) is 2.74. The minimum Gasteiger partial charge on any atom is -0.475 e. The number of anilines is 1. The first kappa shape index (κ1) is 32.9. The number of halogens is 3. The molecule has 1 amide bonds. The average molecular weight is 579 g/mol. The van der Waals surface area contributed by atoms with E-state index in [1.165, 1.54) is 0 Å². The van der Waals surface area contributed by atoms with E-state index in [0.717, 1.165) is 5.56 Å². The Morgan fingerprint density at radius 3 is 2.15 bits per heavy atom. The van der Waals surface area contributed by atoms with Gasteiger partial charge in [-0.2, -0.15) is 13.2 Å². The highest BCUT2D eigenvalue weighted by molar-refractivity contribution is 7.92. The molecule has 0 aliphatic heterocycles. The Morgan fingerprint density at radius 1 is 1.13 bits per heavy atom. The molecule has 2 rings (SSSR count). The first-order valence-corrected chi connectivity index (χ1v) is 12.5. The Bertz CT molecular complexity index is 1370. The Hall–Kier alpha value is -4.12. The zero-order valence-corrected chi connectivity index (χ0v) is 22.2. The maximum atomic E-state index is 13.1. The molecule has 0 radical (unpaired) electrons. The van der Waals surface area contributed by atoms with Crippen LogP contribution in [0, 0.1) is 33.1 Å². The van der Waals surface area contributed by atoms with Gasteiger partial charge in [-0.05, 0) is 50.5 Å². The summed E-state index contributed by atoms with van der Waals surface area (Å²) in [5.41, 5.74) is 9.10. The highest BCUT2D eigenvalue weighted by atomic mass is 32.2. The number of aromatic nitrogens is 1. The van der Waals surface area contributed by atoms with Crippen LogP contribution < -0.4 is 26.8 Å². The van der Waals surface area contributed by atoms with Gasteiger partial charge in [0.15, 0.2) is 0 Å². The summed E-state index contributed by atoms with van der Waals surface area (Å²) in [7, 11) is -4.08. The number of nitrogens with one attached hydrogen (secondary N) is 5. The summed E-state index contributed by atoms with van der Waals surface area (Å²) < 4.78 is 60.3. The SMILES string of the molecule is Cc1cc(C)c(S(=O)(=O)Nc2c(CC(=O)NCCONC(=N)N)cc(C)[nH]c2=O)c(C)c1.O=C(O)C(F)(F)F. The van der Waals surface area contributed by atoms with E-state index in [4.69, 9.17) is 25.9 Å². The smallest absolute Gasteiger partial charge is 0.475 e. The van der Waals surface area contributed by atoms with E-state index in [1.54, 1.807) is 39.0 Å². The van der Waals surface area contributed by atoms with Crippen LogP contribution in [0.2, 0.25) is 0 Å². The first-order valence-electron chi connectivity index (χ1n) is 11.0. The fraction of sp³-hybridized carbons (Fsp3) is 0.364. The minimum atomic E-state index is -5.08. The molecular formula is C22H29F3N6O7S. The number of rotatable bonds is 9. The molecule has 17 heteroatoms. The van der Waals surface area contributed by atoms with Gasteiger partial charge in [-0.15, -0.1) is 0 Å². The molecule has 13 nitrogen and oxygen atoms in total. The number of hydrogen-bond acceptors (Lipinski definition) is 7. The van der Waals surface area contributed by atoms with Crippen molar-refractivity contribution in [2.75, 3.05) is 17.9 Å². The number of aliphatic carboxylic acids is 1. The fourth-order valence-corrected chi connectivity index (χ4v) is 4.95. The molecule has 1 aromatic carbocycles. The van der Waals surface area contributed by atoms with Crippen LogP contribution in [0.1, 0.15) is 27.9 Å². The molecule has 0 saturated carbocycles. The number of aromatic amines is 1. The molecule has 39 heavy (non-hydrogen) atoms. The summed E-state index contributed by atoms with van der Waals surface area (Å²) in [6.07, 6.45) is -5.31. The molecule has 0 aliphatic carbocycles. The first-order chi connectivity index (χ1) is 17.8. The standard InChI is InChI=1S/C20H28N6O5S.C2HF3O2/c1-11-7-12(2)18(13(3)8-11)32(29,30)26-17-15(9-14(4)24-19(17)28)10-16(27)23-5-6-31-25-20(21)22;3-2(4,5)1(6)7/h7-9,26H,5-6,10H2,1-4H3,(H,23,27)(H,24,28)(H4,21,22,25);(H,6,7). The maximum Gasteiger partial charge on any atom is 0.490 e. The normalized spacial score (nSPS) is 11.2. The monoisotopic (exact) mass is 578 g/mol. The predicted molar refractivity (Wildman–Crippen MR) is 135 cm³/mol. The highest BCUT2D eigenvalue weighted by Crippen LogP contribution is 2.25. The molecule has 0 aliphatic rings. The lowest BCUT2D eigenvalue weighted by atomic mass is 10.1. The summed E-state index contributed by atoms with van der Waals surface area (Å²) in [5.74, 6) is -3.57. The van der Waals surface area contributed by atoms with Crippen LogP contribution in [0.3, 0.4) is 0 Å². The van der Waals surface area contributed by atoms with Crippen LogP contribution in [-0.2, 0) is 30.9 Å². The zero-order valence-electron chi connectivity index (χ0n) is 21.4. The molecule has 0 fully saturated rings. The van der Waals surface area contributed by atoms with Gasteiger partial charge in [-0.3, -0.25) is 24.6 Å². The van der Waals surface area contributed by atoms with E-state index in [0.29, 0.717) is 16.8 Å². The topological polar surface area (TPSA) is 217 Å². The number of pyridine rings is 1. The number of hydroxylamine groups is 1. The quantitative estimate of drug-likeness (QED) is 0.0980. The van der Waals surface area contributed by atoms with Crippen molar-refractivity contribution in [3.8, 4) is 0 Å². The Balaban J connectivity index is 0.000000956. The van der Waals surface area contributed by atoms with Gasteiger partial charge in [0.25, 0.3) is 15.6 Å². The number of carbonyl (C=O) groups is 2. The molecule has 0 spiro atoms. The molecule has 0 unspecified atom stereocenters. The van der Waals surface area contributed by atoms with Crippen molar-refractivity contribution in [2.24, 2.45) is 5.73 Å². The van der Waals surface area contributed by atoms with E-state index in [2.05, 4.69) is 20.5 Å². The second kappa shape index (κ2) is 13.6. The van der Waals surface area contributed by atoms with E-state index in [1.807, 2.05) is 6.92 Å². The third-order valence-electron chi connectivity index (χ3n) is 4.66. The third kappa shape index (κ3) is 10.6. The van der Waals surface area contributed by atoms with Crippen LogP contribution in [0.15, 0.2) is 27.9 Å². The molecule has 1 aromatic heterocycles. The zero-order chi connectivity index (χ0) is 30.1. The Morgan fingerprint density at radius 2 is 1.67 bits per heavy atom. The van der Waals surface area contributed by atoms with Gasteiger partial charge in [0.1, 0.15) is 5.69 Å². The van der Waals surface area contributed by atoms with Crippen molar-refractivity contribution >= 4 is 33.5 Å². The molecular weight excluding hydrogens is 549 g/mol. The highest BCUT2D eigenvalue weighted by Gasteiger charge is 2.38. The second-order valence-corrected chi connectivity index (χ2v) is 9.83. The van der Waals surface area contributed by atoms with Gasteiger partial charge in [-0.1, -0.05) is 17.7 Å². The number of nitrogens with two attached hydrogens (primary N) is 1. The summed E-state index contributed by atoms with van der Waals surface area (Å²) in [5, 5.41) is 16.7. The number of sulfonamides is 1. The summed E-state index contributed by atoms with van der Waals surface area (Å²) in [6.45, 7) is 7.04. The van der Waals surface area contributed by atoms with Crippen molar-refractivity contribution in [1.82, 2.24) is 15.8 Å². The van der Waals surface area contributed by atoms with Gasteiger partial charge < -0.3 is 21.1 Å². The van der Waals surface area contributed by atoms with Crippen molar-refractivity contribution in [2.45, 2.75) is 45.2 Å². The number of carbonyl (C=O) groups excluding carboxylic acids is 1. The molecule has 0 bridgehead atoms. The molecule has 216 valence electrons. The number of aryl methyl sites for hydroxylation is 4. The largest absolute Gasteiger partial charge is 0.490 e.